The molecule has 0 atom stereocenters. The van der Waals surface area contributed by atoms with Crippen LogP contribution in [0.15, 0.2) is 23.1 Å². The molecule has 20 heavy (non-hydrogen) atoms. The third kappa shape index (κ3) is 5.10. The van der Waals surface area contributed by atoms with Crippen LogP contribution in [0.3, 0.4) is 0 Å². The topological polar surface area (TPSA) is 106 Å². The fourth-order valence-corrected chi connectivity index (χ4v) is 3.58. The average Bonchev–Trinajstić information content (AvgIpc) is 2.28. The molecule has 1 aromatic carbocycles. The van der Waals surface area contributed by atoms with Crippen LogP contribution in [0.25, 0.3) is 0 Å². The first kappa shape index (κ1) is 16.9. The van der Waals surface area contributed by atoms with Crippen molar-refractivity contribution in [1.82, 2.24) is 0 Å². The van der Waals surface area contributed by atoms with Gasteiger partial charge in [0.1, 0.15) is 0 Å². The van der Waals surface area contributed by atoms with Gasteiger partial charge in [-0.2, -0.15) is 0 Å². The third-order valence-corrected chi connectivity index (χ3v) is 4.97. The van der Waals surface area contributed by atoms with E-state index >= 15 is 0 Å². The summed E-state index contributed by atoms with van der Waals surface area (Å²) in [5.74, 6) is 0.318. The monoisotopic (exact) mass is 320 g/mol. The second kappa shape index (κ2) is 6.11. The van der Waals surface area contributed by atoms with E-state index in [2.05, 4.69) is 4.72 Å². The van der Waals surface area contributed by atoms with Crippen molar-refractivity contribution in [3.63, 3.8) is 0 Å². The molecule has 8 heteroatoms. The molecule has 0 unspecified atom stereocenters. The first-order chi connectivity index (χ1) is 9.01. The molecular formula is C12H20N2O4S2. The summed E-state index contributed by atoms with van der Waals surface area (Å²) in [6.45, 7) is 5.51. The Morgan fingerprint density at radius 1 is 1.20 bits per heavy atom. The lowest BCUT2D eigenvalue weighted by atomic mass is 10.2. The van der Waals surface area contributed by atoms with E-state index in [0.29, 0.717) is 17.7 Å². The Hall–Kier alpha value is -1.12. The van der Waals surface area contributed by atoms with Gasteiger partial charge in [-0.25, -0.2) is 22.0 Å². The summed E-state index contributed by atoms with van der Waals surface area (Å²) >= 11 is 0. The van der Waals surface area contributed by atoms with E-state index in [1.165, 1.54) is 18.2 Å². The summed E-state index contributed by atoms with van der Waals surface area (Å²) in [6.07, 6.45) is 0.559. The van der Waals surface area contributed by atoms with Gasteiger partial charge in [-0.15, -0.1) is 0 Å². The molecule has 0 radical (unpaired) electrons. The number of nitrogens with two attached hydrogens (primary N) is 1. The molecule has 1 rings (SSSR count). The van der Waals surface area contributed by atoms with E-state index < -0.39 is 20.0 Å². The Kier molecular flexibility index (Phi) is 5.17. The summed E-state index contributed by atoms with van der Waals surface area (Å²) < 4.78 is 48.6. The lowest BCUT2D eigenvalue weighted by molar-refractivity contribution is 0.578. The number of anilines is 1. The number of sulfonamides is 2. The maximum absolute atomic E-state index is 11.9. The highest BCUT2D eigenvalue weighted by Crippen LogP contribution is 2.20. The number of hydrogen-bond acceptors (Lipinski definition) is 4. The van der Waals surface area contributed by atoms with Crippen LogP contribution < -0.4 is 9.86 Å². The van der Waals surface area contributed by atoms with Crippen LogP contribution in [-0.2, 0) is 20.0 Å². The van der Waals surface area contributed by atoms with Gasteiger partial charge in [0.05, 0.1) is 16.3 Å². The van der Waals surface area contributed by atoms with Crippen LogP contribution in [0.5, 0.6) is 0 Å². The SMILES string of the molecule is Cc1cc(S(N)(=O)=O)ccc1NS(=O)(=O)CCC(C)C. The fourth-order valence-electron chi connectivity index (χ4n) is 1.54. The van der Waals surface area contributed by atoms with Gasteiger partial charge in [0.2, 0.25) is 20.0 Å². The van der Waals surface area contributed by atoms with Crippen molar-refractivity contribution in [2.45, 2.75) is 32.1 Å². The highest BCUT2D eigenvalue weighted by molar-refractivity contribution is 7.92. The minimum absolute atomic E-state index is 0.0288. The van der Waals surface area contributed by atoms with E-state index in [-0.39, 0.29) is 16.6 Å². The number of nitrogens with one attached hydrogen (secondary N) is 1. The molecule has 1 aromatic rings. The smallest absolute Gasteiger partial charge is 0.238 e. The fraction of sp³-hybridized carbons (Fsp3) is 0.500. The van der Waals surface area contributed by atoms with Crippen molar-refractivity contribution in [2.24, 2.45) is 11.1 Å². The van der Waals surface area contributed by atoms with Crippen LogP contribution in [0.4, 0.5) is 5.69 Å². The van der Waals surface area contributed by atoms with E-state index in [1.807, 2.05) is 13.8 Å². The van der Waals surface area contributed by atoms with E-state index in [4.69, 9.17) is 5.14 Å². The van der Waals surface area contributed by atoms with Crippen molar-refractivity contribution in [1.29, 1.82) is 0 Å². The molecule has 0 aliphatic heterocycles. The second-order valence-corrected chi connectivity index (χ2v) is 8.53. The van der Waals surface area contributed by atoms with Gasteiger partial charge in [0.15, 0.2) is 0 Å². The molecule has 0 aliphatic rings. The minimum atomic E-state index is -3.78. The highest BCUT2D eigenvalue weighted by Gasteiger charge is 2.15. The summed E-state index contributed by atoms with van der Waals surface area (Å²) in [5.41, 5.74) is 0.866. The predicted octanol–water partition coefficient (Wildman–Crippen LogP) is 1.43. The van der Waals surface area contributed by atoms with Gasteiger partial charge in [0, 0.05) is 0 Å². The second-order valence-electron chi connectivity index (χ2n) is 5.13. The number of primary sulfonamides is 1. The van der Waals surface area contributed by atoms with E-state index in [9.17, 15) is 16.8 Å². The van der Waals surface area contributed by atoms with Gasteiger partial charge in [-0.3, -0.25) is 4.72 Å². The van der Waals surface area contributed by atoms with Crippen molar-refractivity contribution in [3.8, 4) is 0 Å². The van der Waals surface area contributed by atoms with Crippen molar-refractivity contribution < 1.29 is 16.8 Å². The zero-order valence-corrected chi connectivity index (χ0v) is 13.4. The minimum Gasteiger partial charge on any atom is -0.283 e. The Bertz CT molecular complexity index is 679. The molecule has 0 aliphatic carbocycles. The average molecular weight is 320 g/mol. The Balaban J connectivity index is 2.94. The largest absolute Gasteiger partial charge is 0.283 e. The molecule has 0 fully saturated rings. The van der Waals surface area contributed by atoms with Crippen LogP contribution in [0.1, 0.15) is 25.8 Å². The zero-order chi connectivity index (χ0) is 15.6. The summed E-state index contributed by atoms with van der Waals surface area (Å²) in [6, 6.07) is 4.03. The molecule has 0 bridgehead atoms. The quantitative estimate of drug-likeness (QED) is 0.826. The lowest BCUT2D eigenvalue weighted by Crippen LogP contribution is -2.19. The molecule has 0 aromatic heterocycles. The van der Waals surface area contributed by atoms with Crippen LogP contribution in [-0.4, -0.2) is 22.6 Å². The first-order valence-corrected chi connectivity index (χ1v) is 9.35. The molecule has 0 saturated carbocycles. The van der Waals surface area contributed by atoms with Crippen LogP contribution >= 0.6 is 0 Å². The number of aryl methyl sites for hydroxylation is 1. The van der Waals surface area contributed by atoms with Gasteiger partial charge in [-0.05, 0) is 43.0 Å². The first-order valence-electron chi connectivity index (χ1n) is 6.15. The highest BCUT2D eigenvalue weighted by atomic mass is 32.2. The number of hydrogen-bond donors (Lipinski definition) is 2. The third-order valence-electron chi connectivity index (χ3n) is 2.76. The molecular weight excluding hydrogens is 300 g/mol. The van der Waals surface area contributed by atoms with E-state index in [1.54, 1.807) is 6.92 Å². The Morgan fingerprint density at radius 2 is 1.80 bits per heavy atom. The maximum Gasteiger partial charge on any atom is 0.238 e. The van der Waals surface area contributed by atoms with Gasteiger partial charge in [-0.1, -0.05) is 13.8 Å². The molecule has 3 N–H and O–H groups in total. The van der Waals surface area contributed by atoms with Crippen molar-refractivity contribution in [2.75, 3.05) is 10.5 Å². The van der Waals surface area contributed by atoms with Crippen LogP contribution in [0.2, 0.25) is 0 Å². The van der Waals surface area contributed by atoms with Crippen LogP contribution in [0, 0.1) is 12.8 Å². The normalized spacial score (nSPS) is 12.7. The standard InChI is InChI=1S/C12H20N2O4S2/c1-9(2)6-7-19(15,16)14-12-5-4-11(8-10(12)3)20(13,17)18/h4-5,8-9,14H,6-7H2,1-3H3,(H2,13,17,18). The maximum atomic E-state index is 11.9. The van der Waals surface area contributed by atoms with Gasteiger partial charge >= 0.3 is 0 Å². The Morgan fingerprint density at radius 3 is 2.25 bits per heavy atom. The van der Waals surface area contributed by atoms with Gasteiger partial charge in [0.25, 0.3) is 0 Å². The summed E-state index contributed by atoms with van der Waals surface area (Å²) in [7, 11) is -7.22. The number of rotatable bonds is 6. The predicted molar refractivity (Wildman–Crippen MR) is 79.4 cm³/mol. The van der Waals surface area contributed by atoms with Crippen molar-refractivity contribution in [3.05, 3.63) is 23.8 Å². The molecule has 0 spiro atoms. The van der Waals surface area contributed by atoms with Crippen molar-refractivity contribution >= 4 is 25.7 Å². The summed E-state index contributed by atoms with van der Waals surface area (Å²) in [5, 5.41) is 5.02. The molecule has 6 nitrogen and oxygen atoms in total. The van der Waals surface area contributed by atoms with E-state index in [0.717, 1.165) is 0 Å². The molecule has 0 saturated heterocycles. The molecule has 0 heterocycles. The molecule has 0 amide bonds. The van der Waals surface area contributed by atoms with Gasteiger partial charge < -0.3 is 0 Å². The lowest BCUT2D eigenvalue weighted by Gasteiger charge is -2.12. The Labute approximate surface area is 120 Å². The summed E-state index contributed by atoms with van der Waals surface area (Å²) in [4.78, 5) is -0.0415. The zero-order valence-electron chi connectivity index (χ0n) is 11.8. The molecule has 114 valence electrons. The number of benzene rings is 1.